The van der Waals surface area contributed by atoms with Gasteiger partial charge in [0.05, 0.1) is 12.5 Å². The third-order valence-corrected chi connectivity index (χ3v) is 18.0. The highest BCUT2D eigenvalue weighted by molar-refractivity contribution is 6.02. The Balaban J connectivity index is 0.000000291. The van der Waals surface area contributed by atoms with Gasteiger partial charge in [0.2, 0.25) is 41.3 Å². The first-order valence-electron chi connectivity index (χ1n) is 33.8. The van der Waals surface area contributed by atoms with Crippen LogP contribution >= 0.6 is 0 Å². The number of cyclic esters (lactones) is 2. The van der Waals surface area contributed by atoms with Gasteiger partial charge in [0, 0.05) is 90.8 Å². The smallest absolute Gasteiger partial charge is 0.355 e. The molecule has 2 aromatic carbocycles. The molecule has 10 atom stereocenters. The molecule has 101 heavy (non-hydrogen) atoms. The van der Waals surface area contributed by atoms with Crippen molar-refractivity contribution < 1.29 is 81.6 Å². The highest BCUT2D eigenvalue weighted by Crippen LogP contribution is 2.29. The van der Waals surface area contributed by atoms with Crippen molar-refractivity contribution in [3.05, 3.63) is 155 Å². The van der Waals surface area contributed by atoms with Crippen molar-refractivity contribution in [1.82, 2.24) is 50.8 Å². The van der Waals surface area contributed by atoms with Gasteiger partial charge in [-0.2, -0.15) is 0 Å². The molecule has 28 heteroatoms. The number of pyridine rings is 1. The van der Waals surface area contributed by atoms with E-state index in [2.05, 4.69) is 31.2 Å². The van der Waals surface area contributed by atoms with E-state index >= 15 is 0 Å². The molecule has 5 aliphatic heterocycles. The number of hydrogen-bond acceptors (Lipinski definition) is 20. The SMILES string of the molecule is CC1=C\C(O)CC(=O)Cc2nc(co2)C(=O)N2CCC=C2C(=O)OC(C(C)C)C(C)/C=C/C(=O)NC/C=C\1.CCC1NC(=O)C(NC(=O)c2ncccc2O)C(C)OC(=O)C(c2ccccc2)NC(=O)C2CC(=O)CCN2C(=O)C(Cc2ccc(N(C)C)cc2)N(C)C(=O)C2CCCN2C1=O. The van der Waals surface area contributed by atoms with Crippen LogP contribution in [0.3, 0.4) is 0 Å². The Hall–Kier alpha value is -10.6. The van der Waals surface area contributed by atoms with Crippen LogP contribution in [0.25, 0.3) is 0 Å². The molecule has 2 bridgehead atoms. The third kappa shape index (κ3) is 19.6. The second kappa shape index (κ2) is 34.9. The molecule has 0 radical (unpaired) electrons. The summed E-state index contributed by atoms with van der Waals surface area (Å²) in [6, 6.07) is 10.1. The van der Waals surface area contributed by atoms with Crippen LogP contribution in [0, 0.1) is 11.8 Å². The number of amides is 8. The number of ketones is 2. The first-order chi connectivity index (χ1) is 48.1. The number of anilines is 1. The zero-order valence-electron chi connectivity index (χ0n) is 58.2. The number of likely N-dealkylation sites (N-methyl/N-ethyl adjacent to an activating group) is 1. The number of aliphatic hydroxyl groups is 1. The Morgan fingerprint density at radius 3 is 2.24 bits per heavy atom. The van der Waals surface area contributed by atoms with Crippen molar-refractivity contribution in [2.45, 2.75) is 154 Å². The highest BCUT2D eigenvalue weighted by atomic mass is 16.6. The van der Waals surface area contributed by atoms with Crippen LogP contribution in [-0.2, 0) is 70.3 Å². The predicted molar refractivity (Wildman–Crippen MR) is 366 cm³/mol. The zero-order chi connectivity index (χ0) is 73.4. The van der Waals surface area contributed by atoms with E-state index in [1.54, 1.807) is 74.6 Å². The van der Waals surface area contributed by atoms with Crippen LogP contribution in [0.15, 0.2) is 131 Å². The maximum atomic E-state index is 15.0. The molecule has 10 unspecified atom stereocenters. The molecule has 28 nitrogen and oxygen atoms in total. The normalized spacial score (nSPS) is 26.3. The van der Waals surface area contributed by atoms with Crippen molar-refractivity contribution in [3.63, 3.8) is 0 Å². The molecule has 4 aromatic rings. The van der Waals surface area contributed by atoms with Crippen molar-refractivity contribution >= 4 is 76.4 Å². The van der Waals surface area contributed by atoms with Crippen LogP contribution in [0.1, 0.15) is 131 Å². The van der Waals surface area contributed by atoms with Gasteiger partial charge >= 0.3 is 11.9 Å². The minimum atomic E-state index is -1.68. The first-order valence-corrected chi connectivity index (χ1v) is 33.8. The van der Waals surface area contributed by atoms with Gasteiger partial charge in [0.25, 0.3) is 11.8 Å². The number of nitrogens with zero attached hydrogens (tertiary/aromatic N) is 7. The van der Waals surface area contributed by atoms with Gasteiger partial charge in [-0.05, 0) is 86.9 Å². The molecule has 0 saturated carbocycles. The summed E-state index contributed by atoms with van der Waals surface area (Å²) in [7, 11) is 5.25. The average Bonchev–Trinajstić information content (AvgIpc) is 1.79. The van der Waals surface area contributed by atoms with Crippen LogP contribution in [0.2, 0.25) is 0 Å². The quantitative estimate of drug-likeness (QED) is 0.136. The fourth-order valence-corrected chi connectivity index (χ4v) is 12.5. The van der Waals surface area contributed by atoms with E-state index in [9.17, 15) is 67.7 Å². The monoisotopic (exact) mass is 1390 g/mol. The lowest BCUT2D eigenvalue weighted by atomic mass is 9.94. The number of aromatic nitrogens is 2. The Bertz CT molecular complexity index is 3860. The Morgan fingerprint density at radius 1 is 0.822 bits per heavy atom. The molecule has 2 aromatic heterocycles. The number of nitrogens with one attached hydrogen (secondary N) is 4. The van der Waals surface area contributed by atoms with Crippen molar-refractivity contribution in [3.8, 4) is 5.75 Å². The number of piperidine rings is 1. The summed E-state index contributed by atoms with van der Waals surface area (Å²) in [6.07, 6.45) is 9.66. The lowest BCUT2D eigenvalue weighted by Crippen LogP contribution is -2.61. The zero-order valence-corrected chi connectivity index (χ0v) is 58.2. The van der Waals surface area contributed by atoms with Gasteiger partial charge in [-0.25, -0.2) is 19.6 Å². The molecule has 9 rings (SSSR count). The fraction of sp³-hybridized carbons (Fsp3) is 0.452. The minimum absolute atomic E-state index is 0.0299. The van der Waals surface area contributed by atoms with Crippen LogP contribution in [0.5, 0.6) is 5.75 Å². The molecular weight excluding hydrogens is 1300 g/mol. The second-order valence-electron chi connectivity index (χ2n) is 26.1. The number of aromatic hydroxyl groups is 1. The number of benzene rings is 2. The number of allylic oxidation sites excluding steroid dienone is 2. The van der Waals surface area contributed by atoms with Crippen molar-refractivity contribution in [2.24, 2.45) is 11.8 Å². The van der Waals surface area contributed by atoms with Gasteiger partial charge in [0.1, 0.15) is 71.7 Å². The molecule has 6 N–H and O–H groups in total. The van der Waals surface area contributed by atoms with Crippen LogP contribution in [0.4, 0.5) is 5.69 Å². The molecule has 8 amide bonds. The van der Waals surface area contributed by atoms with Crippen LogP contribution in [-0.4, -0.2) is 206 Å². The second-order valence-corrected chi connectivity index (χ2v) is 26.1. The molecule has 0 spiro atoms. The first kappa shape index (κ1) is 76.1. The number of rotatable bonds is 8. The Labute approximate surface area is 585 Å². The molecule has 538 valence electrons. The minimum Gasteiger partial charge on any atom is -0.505 e. The third-order valence-electron chi connectivity index (χ3n) is 18.0. The van der Waals surface area contributed by atoms with E-state index in [1.807, 2.05) is 64.0 Å². The van der Waals surface area contributed by atoms with Crippen molar-refractivity contribution in [1.29, 1.82) is 0 Å². The van der Waals surface area contributed by atoms with E-state index in [1.165, 1.54) is 58.0 Å². The topological polar surface area (TPSA) is 367 Å². The maximum Gasteiger partial charge on any atom is 0.355 e. The number of oxazole rings is 1. The number of Topliss-reactive ketones (excluding diaryl/α,β-unsaturated/α-hetero) is 2. The maximum absolute atomic E-state index is 15.0. The van der Waals surface area contributed by atoms with E-state index in [0.717, 1.165) is 17.5 Å². The predicted octanol–water partition coefficient (Wildman–Crippen LogP) is 3.93. The van der Waals surface area contributed by atoms with Gasteiger partial charge in [-0.1, -0.05) is 106 Å². The average molecular weight is 1390 g/mol. The summed E-state index contributed by atoms with van der Waals surface area (Å²) in [5, 5.41) is 31.2. The summed E-state index contributed by atoms with van der Waals surface area (Å²) in [5.41, 5.74) is 2.26. The number of esters is 2. The summed E-state index contributed by atoms with van der Waals surface area (Å²) >= 11 is 0. The molecule has 0 aliphatic carbocycles. The summed E-state index contributed by atoms with van der Waals surface area (Å²) < 4.78 is 17.0. The highest BCUT2D eigenvalue weighted by Gasteiger charge is 2.46. The summed E-state index contributed by atoms with van der Waals surface area (Å²) in [6.45, 7) is 11.0. The van der Waals surface area contributed by atoms with E-state index in [4.69, 9.17) is 13.9 Å². The fourth-order valence-electron chi connectivity index (χ4n) is 12.5. The lowest BCUT2D eigenvalue weighted by Gasteiger charge is -2.40. The van der Waals surface area contributed by atoms with Gasteiger partial charge in [-0.15, -0.1) is 0 Å². The number of carbonyl (C=O) groups excluding carboxylic acids is 12. The summed E-state index contributed by atoms with van der Waals surface area (Å²) in [5.74, 6) is -8.40. The van der Waals surface area contributed by atoms with E-state index in [0.29, 0.717) is 18.4 Å². The Morgan fingerprint density at radius 2 is 1.54 bits per heavy atom. The van der Waals surface area contributed by atoms with Gasteiger partial charge in [0.15, 0.2) is 17.4 Å². The molecule has 3 saturated heterocycles. The van der Waals surface area contributed by atoms with E-state index < -0.39 is 119 Å². The number of aliphatic hydroxyl groups excluding tert-OH is 1. The molecule has 3 fully saturated rings. The summed E-state index contributed by atoms with van der Waals surface area (Å²) in [4.78, 5) is 180. The number of hydrogen-bond donors (Lipinski definition) is 6. The van der Waals surface area contributed by atoms with Gasteiger partial charge in [-0.3, -0.25) is 47.9 Å². The number of fused-ring (bicyclic) bond motifs is 5. The Kier molecular flexibility index (Phi) is 26.3. The molecule has 5 aliphatic rings. The van der Waals surface area contributed by atoms with Crippen molar-refractivity contribution in [2.75, 3.05) is 52.2 Å². The molecular formula is C73H89N11O17. The molecule has 7 heterocycles. The van der Waals surface area contributed by atoms with E-state index in [-0.39, 0.29) is 123 Å². The number of ether oxygens (including phenoxy) is 2. The largest absolute Gasteiger partial charge is 0.505 e. The van der Waals surface area contributed by atoms with Gasteiger partial charge < -0.3 is 69.9 Å². The standard InChI is InChI=1S/C45H54N8O10.C28H35N3O7/c1-6-31-42(59)52-22-11-14-32(52)43(60)51(5)34(24-27-16-18-29(19-17-27)50(3)4)44(61)53-23-20-30(54)25-33(53)39(56)49-37(28-12-8-7-9-13-28)45(62)63-26(2)36(40(57)47-31)48-41(58)38-35(55)15-10-21-46-38;1-17(2)26-19(4)9-10-24(34)29-11-5-7-18(3)13-20(32)14-21(33)15-25-30-22(16-37-25)27(35)31-12-6-8-23(31)28(36)38-26/h7-10,12-13,15-19,21,26,31-34,36-37,55H,6,11,14,20,22-25H2,1-5H3,(H,47,57)(H,48,58)(H,49,56);5,7-10,13,16-17,19-20,26,32H,6,11-12,14-15H2,1-4H3,(H,29,34)/b;7-5-,10-9+,18-13+. The van der Waals surface area contributed by atoms with Crippen LogP contribution < -0.4 is 26.2 Å². The lowest BCUT2D eigenvalue weighted by molar-refractivity contribution is -0.157. The number of carbonyl (C=O) groups is 12.